The molecule has 1 rings (SSSR count). The molecule has 0 saturated heterocycles. The van der Waals surface area contributed by atoms with Crippen LogP contribution in [0.5, 0.6) is 0 Å². The van der Waals surface area contributed by atoms with Gasteiger partial charge in [-0.1, -0.05) is 0 Å². The van der Waals surface area contributed by atoms with E-state index in [1.807, 2.05) is 0 Å². The van der Waals surface area contributed by atoms with Crippen LogP contribution in [0.1, 0.15) is 0 Å². The number of hydrogen-bond donors (Lipinski definition) is 0. The van der Waals surface area contributed by atoms with Crippen molar-refractivity contribution >= 4 is 11.4 Å². The third-order valence-electron chi connectivity index (χ3n) is 1.77. The lowest BCUT2D eigenvalue weighted by Gasteiger charge is -2.20. The van der Waals surface area contributed by atoms with E-state index in [2.05, 4.69) is 0 Å². The van der Waals surface area contributed by atoms with Gasteiger partial charge in [0.15, 0.2) is 0 Å². The Balaban J connectivity index is 3.40. The summed E-state index contributed by atoms with van der Waals surface area (Å²) in [4.78, 5) is 0. The van der Waals surface area contributed by atoms with Crippen LogP contribution in [0.4, 0.5) is 26.3 Å². The Bertz CT molecular complexity index is 330. The monoisotopic (exact) mass is 250 g/mol. The lowest BCUT2D eigenvalue weighted by atomic mass is 10.2. The van der Waals surface area contributed by atoms with Crippen LogP contribution >= 0.6 is 0 Å². The van der Waals surface area contributed by atoms with Gasteiger partial charge in [0.25, 0.3) is 0 Å². The molecule has 0 spiro atoms. The zero-order valence-electron chi connectivity index (χ0n) is 7.39. The van der Waals surface area contributed by atoms with Gasteiger partial charge >= 0.3 is 23.8 Å². The van der Waals surface area contributed by atoms with Gasteiger partial charge in [-0.05, 0) is 0 Å². The van der Waals surface area contributed by atoms with Gasteiger partial charge in [-0.25, -0.2) is 0 Å². The smallest absolute Gasteiger partial charge is 0.485 e. The summed E-state index contributed by atoms with van der Waals surface area (Å²) in [5.41, 5.74) is -5.00. The third-order valence-corrected chi connectivity index (χ3v) is 1.77. The van der Waals surface area contributed by atoms with Gasteiger partial charge in [0.1, 0.15) is 0 Å². The molecule has 92 valence electrons. The van der Waals surface area contributed by atoms with E-state index in [4.69, 9.17) is 0 Å². The Morgan fingerprint density at radius 2 is 1.00 bits per heavy atom. The molecule has 16 heavy (non-hydrogen) atoms. The van der Waals surface area contributed by atoms with E-state index in [-0.39, 0.29) is 0 Å². The van der Waals surface area contributed by atoms with Crippen LogP contribution in [-0.4, -0.2) is 46.3 Å². The number of halogens is 6. The summed E-state index contributed by atoms with van der Waals surface area (Å²) >= 11 is 0. The lowest BCUT2D eigenvalue weighted by Crippen LogP contribution is -2.52. The molecule has 0 aromatic rings. The standard InChI is InChI=1S/C6H4F6N2O2/c7-5(8,9)3-4(6(10,11)12)14(16)2-1-13(3)15/h1-2H2. The van der Waals surface area contributed by atoms with Crippen LogP contribution in [0.15, 0.2) is 0 Å². The van der Waals surface area contributed by atoms with E-state index in [0.29, 0.717) is 0 Å². The van der Waals surface area contributed by atoms with Crippen LogP contribution < -0.4 is 0 Å². The van der Waals surface area contributed by atoms with Gasteiger partial charge in [-0.15, -0.1) is 0 Å². The molecule has 0 aromatic heterocycles. The van der Waals surface area contributed by atoms with Gasteiger partial charge in [-0.2, -0.15) is 35.8 Å². The summed E-state index contributed by atoms with van der Waals surface area (Å²) in [5.74, 6) is 0. The Morgan fingerprint density at radius 3 is 1.19 bits per heavy atom. The minimum atomic E-state index is -5.52. The normalized spacial score (nSPS) is 19.4. The topological polar surface area (TPSA) is 52.1 Å². The van der Waals surface area contributed by atoms with Crippen molar-refractivity contribution in [1.29, 1.82) is 0 Å². The Kier molecular flexibility index (Phi) is 2.77. The molecule has 1 aliphatic rings. The second kappa shape index (κ2) is 3.52. The second-order valence-corrected chi connectivity index (χ2v) is 2.90. The molecule has 10 heteroatoms. The van der Waals surface area contributed by atoms with E-state index >= 15 is 0 Å². The molecule has 0 aromatic carbocycles. The van der Waals surface area contributed by atoms with Crippen molar-refractivity contribution in [2.45, 2.75) is 12.4 Å². The van der Waals surface area contributed by atoms with E-state index in [1.165, 1.54) is 0 Å². The molecule has 1 aliphatic heterocycles. The number of rotatable bonds is 0. The van der Waals surface area contributed by atoms with Crippen molar-refractivity contribution in [3.63, 3.8) is 0 Å². The molecular weight excluding hydrogens is 246 g/mol. The summed E-state index contributed by atoms with van der Waals surface area (Å²) in [6.07, 6.45) is -11.0. The van der Waals surface area contributed by atoms with Crippen LogP contribution in [0.3, 0.4) is 0 Å². The number of nitrogens with zero attached hydrogens (tertiary/aromatic N) is 2. The maximum absolute atomic E-state index is 12.2. The van der Waals surface area contributed by atoms with Crippen molar-refractivity contribution in [2.24, 2.45) is 0 Å². The molecule has 0 unspecified atom stereocenters. The fourth-order valence-corrected chi connectivity index (χ4v) is 1.19. The van der Waals surface area contributed by atoms with Crippen LogP contribution in [0, 0.1) is 10.4 Å². The van der Waals surface area contributed by atoms with Crippen molar-refractivity contribution in [1.82, 2.24) is 0 Å². The highest BCUT2D eigenvalue weighted by molar-refractivity contribution is 6.42. The maximum Gasteiger partial charge on any atom is 0.485 e. The molecule has 4 nitrogen and oxygen atoms in total. The van der Waals surface area contributed by atoms with Crippen molar-refractivity contribution in [2.75, 3.05) is 13.1 Å². The predicted octanol–water partition coefficient (Wildman–Crippen LogP) is 1.03. The quantitative estimate of drug-likeness (QED) is 0.366. The highest BCUT2D eigenvalue weighted by atomic mass is 19.4. The SMILES string of the molecule is [O-][N+]1=C(C(F)(F)F)C(C(F)(F)F)=[N+]([O-])CC1. The molecule has 0 fully saturated rings. The Labute approximate surface area is 84.3 Å². The molecule has 0 aliphatic carbocycles. The highest BCUT2D eigenvalue weighted by Crippen LogP contribution is 2.27. The molecule has 0 N–H and O–H groups in total. The summed E-state index contributed by atoms with van der Waals surface area (Å²) in [7, 11) is 0. The van der Waals surface area contributed by atoms with Crippen LogP contribution in [-0.2, 0) is 0 Å². The molecule has 0 atom stereocenters. The largest absolute Gasteiger partial charge is 0.623 e. The molecular formula is C6H4F6N2O2. The lowest BCUT2D eigenvalue weighted by molar-refractivity contribution is -0.556. The zero-order chi connectivity index (χ0) is 12.7. The second-order valence-electron chi connectivity index (χ2n) is 2.90. The molecule has 0 amide bonds. The minimum Gasteiger partial charge on any atom is -0.623 e. The van der Waals surface area contributed by atoms with Gasteiger partial charge in [0, 0.05) is 0 Å². The molecule has 0 radical (unpaired) electrons. The van der Waals surface area contributed by atoms with Gasteiger partial charge in [0.05, 0.1) is 0 Å². The Morgan fingerprint density at radius 1 is 0.750 bits per heavy atom. The summed E-state index contributed by atoms with van der Waals surface area (Å²) in [5, 5.41) is 21.4. The Hall–Kier alpha value is -1.48. The van der Waals surface area contributed by atoms with E-state index < -0.39 is 46.3 Å². The molecule has 0 saturated carbocycles. The molecule has 0 bridgehead atoms. The first-order valence-corrected chi connectivity index (χ1v) is 3.83. The number of hydroxylamine groups is 2. The first kappa shape index (κ1) is 12.6. The van der Waals surface area contributed by atoms with Crippen molar-refractivity contribution in [3.05, 3.63) is 10.4 Å². The fraction of sp³-hybridized carbons (Fsp3) is 0.667. The number of hydrogen-bond acceptors (Lipinski definition) is 2. The minimum absolute atomic E-state index is 0.864. The maximum atomic E-state index is 12.2. The highest BCUT2D eigenvalue weighted by Gasteiger charge is 2.62. The predicted molar refractivity (Wildman–Crippen MR) is 39.1 cm³/mol. The molecule has 1 heterocycles. The zero-order valence-corrected chi connectivity index (χ0v) is 7.39. The van der Waals surface area contributed by atoms with E-state index in [0.717, 1.165) is 0 Å². The first-order valence-electron chi connectivity index (χ1n) is 3.83. The first-order chi connectivity index (χ1) is 7.05. The average molecular weight is 250 g/mol. The van der Waals surface area contributed by atoms with Gasteiger partial charge in [-0.3, -0.25) is 0 Å². The third kappa shape index (κ3) is 2.19. The summed E-state index contributed by atoms with van der Waals surface area (Å²) in [6, 6.07) is 0. The van der Waals surface area contributed by atoms with Gasteiger partial charge < -0.3 is 10.4 Å². The summed E-state index contributed by atoms with van der Waals surface area (Å²) in [6.45, 7) is -1.92. The summed E-state index contributed by atoms with van der Waals surface area (Å²) < 4.78 is 71.4. The van der Waals surface area contributed by atoms with Crippen molar-refractivity contribution < 1.29 is 35.8 Å². The van der Waals surface area contributed by atoms with E-state index in [1.54, 1.807) is 0 Å². The van der Waals surface area contributed by atoms with Crippen LogP contribution in [0.25, 0.3) is 0 Å². The van der Waals surface area contributed by atoms with Crippen LogP contribution in [0.2, 0.25) is 0 Å². The van der Waals surface area contributed by atoms with E-state index in [9.17, 15) is 36.8 Å². The van der Waals surface area contributed by atoms with Crippen molar-refractivity contribution in [3.8, 4) is 0 Å². The van der Waals surface area contributed by atoms with Gasteiger partial charge in [0.2, 0.25) is 13.1 Å². The number of alkyl halides is 6. The fourth-order valence-electron chi connectivity index (χ4n) is 1.19. The average Bonchev–Trinajstić information content (AvgIpc) is 2.04.